The summed E-state index contributed by atoms with van der Waals surface area (Å²) in [7, 11) is 0. The third-order valence-corrected chi connectivity index (χ3v) is 5.58. The van der Waals surface area contributed by atoms with Gasteiger partial charge in [0.05, 0.1) is 12.1 Å². The van der Waals surface area contributed by atoms with Crippen LogP contribution in [0.3, 0.4) is 0 Å². The summed E-state index contributed by atoms with van der Waals surface area (Å²) < 4.78 is 13.7. The summed E-state index contributed by atoms with van der Waals surface area (Å²) in [4.78, 5) is 22.0. The molecular weight excluding hydrogens is 413 g/mol. The zero-order chi connectivity index (χ0) is 23.5. The van der Waals surface area contributed by atoms with Crippen molar-refractivity contribution >= 4 is 17.8 Å². The van der Waals surface area contributed by atoms with Crippen LogP contribution in [-0.2, 0) is 11.2 Å². The first-order chi connectivity index (χ1) is 16.1. The number of aliphatic imine (C=N–C) groups is 2. The number of benzene rings is 2. The summed E-state index contributed by atoms with van der Waals surface area (Å²) in [5, 5.41) is 3.10. The first-order valence-corrected chi connectivity index (χ1v) is 11.6. The highest BCUT2D eigenvalue weighted by atomic mass is 19.1. The molecule has 172 valence electrons. The van der Waals surface area contributed by atoms with Gasteiger partial charge in [-0.2, -0.15) is 0 Å². The molecule has 1 heterocycles. The van der Waals surface area contributed by atoms with Crippen LogP contribution in [0.5, 0.6) is 0 Å². The molecule has 1 aliphatic heterocycles. The van der Waals surface area contributed by atoms with Crippen molar-refractivity contribution in [1.29, 1.82) is 0 Å². The molecule has 0 aliphatic carbocycles. The van der Waals surface area contributed by atoms with Crippen LogP contribution in [0.15, 0.2) is 88.1 Å². The molecule has 1 amide bonds. The number of carbonyl (C=O) groups is 1. The Labute approximate surface area is 196 Å². The molecule has 1 N–H and O–H groups in total. The van der Waals surface area contributed by atoms with E-state index in [1.54, 1.807) is 18.3 Å². The van der Waals surface area contributed by atoms with E-state index in [2.05, 4.69) is 17.2 Å². The number of nitrogens with zero attached hydrogens (tertiary/aromatic N) is 2. The SMILES string of the molecule is CCCCC/N=C(\C(=C(/C)NC(=O)Cc1ccccc1)C1C=CN=CC1)c1ccc(F)cc1. The summed E-state index contributed by atoms with van der Waals surface area (Å²) in [6.45, 7) is 4.76. The van der Waals surface area contributed by atoms with Crippen LogP contribution in [0.1, 0.15) is 50.7 Å². The lowest BCUT2D eigenvalue weighted by Crippen LogP contribution is -2.28. The lowest BCUT2D eigenvalue weighted by atomic mass is 9.86. The zero-order valence-corrected chi connectivity index (χ0v) is 19.4. The Balaban J connectivity index is 1.97. The van der Waals surface area contributed by atoms with Crippen molar-refractivity contribution in [2.75, 3.05) is 6.54 Å². The highest BCUT2D eigenvalue weighted by Crippen LogP contribution is 2.26. The minimum absolute atomic E-state index is 0.0227. The van der Waals surface area contributed by atoms with E-state index < -0.39 is 0 Å². The van der Waals surface area contributed by atoms with E-state index in [4.69, 9.17) is 4.99 Å². The van der Waals surface area contributed by atoms with E-state index in [-0.39, 0.29) is 17.6 Å². The van der Waals surface area contributed by atoms with Crippen molar-refractivity contribution < 1.29 is 9.18 Å². The minimum Gasteiger partial charge on any atom is -0.329 e. The Morgan fingerprint density at radius 1 is 1.12 bits per heavy atom. The van der Waals surface area contributed by atoms with E-state index in [0.717, 1.165) is 47.4 Å². The molecule has 0 bridgehead atoms. The van der Waals surface area contributed by atoms with Gasteiger partial charge in [-0.15, -0.1) is 0 Å². The summed E-state index contributed by atoms with van der Waals surface area (Å²) in [6, 6.07) is 16.1. The Kier molecular flexibility index (Phi) is 9.31. The molecular formula is C28H32FN3O. The maximum Gasteiger partial charge on any atom is 0.228 e. The number of unbranched alkanes of at least 4 members (excludes halogenated alkanes) is 2. The normalized spacial score (nSPS) is 16.5. The highest BCUT2D eigenvalue weighted by Gasteiger charge is 2.23. The average Bonchev–Trinajstić information content (AvgIpc) is 2.83. The van der Waals surface area contributed by atoms with Gasteiger partial charge in [-0.05, 0) is 49.6 Å². The second kappa shape index (κ2) is 12.6. The summed E-state index contributed by atoms with van der Waals surface area (Å²) in [6.07, 6.45) is 9.90. The third kappa shape index (κ3) is 7.35. The summed E-state index contributed by atoms with van der Waals surface area (Å²) >= 11 is 0. The third-order valence-electron chi connectivity index (χ3n) is 5.58. The van der Waals surface area contributed by atoms with Crippen LogP contribution in [0, 0.1) is 11.7 Å². The van der Waals surface area contributed by atoms with Gasteiger partial charge in [0.15, 0.2) is 0 Å². The van der Waals surface area contributed by atoms with Crippen LogP contribution >= 0.6 is 0 Å². The van der Waals surface area contributed by atoms with E-state index >= 15 is 0 Å². The van der Waals surface area contributed by atoms with E-state index in [1.165, 1.54) is 12.1 Å². The molecule has 2 aromatic carbocycles. The van der Waals surface area contributed by atoms with E-state index in [1.807, 2.05) is 49.5 Å². The molecule has 0 spiro atoms. The molecule has 0 fully saturated rings. The zero-order valence-electron chi connectivity index (χ0n) is 19.4. The van der Waals surface area contributed by atoms with Crippen LogP contribution in [-0.4, -0.2) is 24.4 Å². The second-order valence-electron chi connectivity index (χ2n) is 8.21. The van der Waals surface area contributed by atoms with E-state index in [9.17, 15) is 9.18 Å². The monoisotopic (exact) mass is 445 g/mol. The Morgan fingerprint density at radius 2 is 1.88 bits per heavy atom. The maximum absolute atomic E-state index is 13.7. The fraction of sp³-hybridized carbons (Fsp3) is 0.321. The van der Waals surface area contributed by atoms with Gasteiger partial charge in [-0.3, -0.25) is 14.8 Å². The van der Waals surface area contributed by atoms with Crippen LogP contribution < -0.4 is 5.32 Å². The van der Waals surface area contributed by atoms with Gasteiger partial charge in [0.2, 0.25) is 5.91 Å². The minimum atomic E-state index is -0.285. The van der Waals surface area contributed by atoms with Crippen molar-refractivity contribution in [3.63, 3.8) is 0 Å². The molecule has 3 rings (SSSR count). The molecule has 0 saturated heterocycles. The summed E-state index contributed by atoms with van der Waals surface area (Å²) in [5.41, 5.74) is 4.31. The van der Waals surface area contributed by atoms with Gasteiger partial charge in [0.1, 0.15) is 5.82 Å². The fourth-order valence-corrected chi connectivity index (χ4v) is 3.91. The summed E-state index contributed by atoms with van der Waals surface area (Å²) in [5.74, 6) is -0.337. The fourth-order valence-electron chi connectivity index (χ4n) is 3.91. The van der Waals surface area contributed by atoms with Gasteiger partial charge in [-0.25, -0.2) is 4.39 Å². The van der Waals surface area contributed by atoms with Gasteiger partial charge < -0.3 is 5.32 Å². The standard InChI is InChI=1S/C28H32FN3O/c1-3-4-8-17-31-28(24-11-13-25(29)14-12-24)27(23-15-18-30-19-16-23)21(2)32-26(33)20-22-9-6-5-7-10-22/h5-7,9-15,18-19,23H,3-4,8,16-17,20H2,1-2H3,(H,32,33)/b27-21+,31-28-. The molecule has 0 saturated carbocycles. The second-order valence-corrected chi connectivity index (χ2v) is 8.21. The molecule has 0 radical (unpaired) electrons. The molecule has 5 heteroatoms. The predicted molar refractivity (Wildman–Crippen MR) is 134 cm³/mol. The number of hydrogen-bond acceptors (Lipinski definition) is 3. The van der Waals surface area contributed by atoms with Crippen LogP contribution in [0.2, 0.25) is 0 Å². The van der Waals surface area contributed by atoms with Gasteiger partial charge in [0, 0.05) is 41.7 Å². The van der Waals surface area contributed by atoms with Crippen molar-refractivity contribution in [3.8, 4) is 0 Å². The molecule has 0 aromatic heterocycles. The number of amides is 1. The van der Waals surface area contributed by atoms with Gasteiger partial charge >= 0.3 is 0 Å². The van der Waals surface area contributed by atoms with Crippen molar-refractivity contribution in [2.45, 2.75) is 46.0 Å². The molecule has 4 nitrogen and oxygen atoms in total. The first-order valence-electron chi connectivity index (χ1n) is 11.6. The maximum atomic E-state index is 13.7. The molecule has 1 unspecified atom stereocenters. The largest absolute Gasteiger partial charge is 0.329 e. The van der Waals surface area contributed by atoms with Crippen LogP contribution in [0.4, 0.5) is 4.39 Å². The number of carbonyl (C=O) groups excluding carboxylic acids is 1. The molecule has 1 aliphatic rings. The lowest BCUT2D eigenvalue weighted by Gasteiger charge is -2.23. The van der Waals surface area contributed by atoms with Gasteiger partial charge in [-0.1, -0.05) is 56.2 Å². The number of nitrogens with one attached hydrogen (secondary N) is 1. The van der Waals surface area contributed by atoms with Crippen LogP contribution in [0.25, 0.3) is 0 Å². The number of rotatable bonds is 10. The van der Waals surface area contributed by atoms with Crippen molar-refractivity contribution in [3.05, 3.63) is 95.1 Å². The van der Waals surface area contributed by atoms with Crippen molar-refractivity contribution in [1.82, 2.24) is 5.32 Å². The number of hydrogen-bond donors (Lipinski definition) is 1. The smallest absolute Gasteiger partial charge is 0.228 e. The topological polar surface area (TPSA) is 53.8 Å². The number of allylic oxidation sites excluding steroid dienone is 3. The number of halogens is 1. The molecule has 33 heavy (non-hydrogen) atoms. The Bertz CT molecular complexity index is 1040. The Morgan fingerprint density at radius 3 is 2.55 bits per heavy atom. The molecule has 2 aromatic rings. The quantitative estimate of drug-likeness (QED) is 0.352. The Hall–Kier alpha value is -3.34. The molecule has 1 atom stereocenters. The van der Waals surface area contributed by atoms with Gasteiger partial charge in [0.25, 0.3) is 0 Å². The highest BCUT2D eigenvalue weighted by molar-refractivity contribution is 6.14. The van der Waals surface area contributed by atoms with Crippen molar-refractivity contribution in [2.24, 2.45) is 15.9 Å². The average molecular weight is 446 g/mol. The van der Waals surface area contributed by atoms with E-state index in [0.29, 0.717) is 19.4 Å². The predicted octanol–water partition coefficient (Wildman–Crippen LogP) is 6.04. The first kappa shape index (κ1) is 24.3. The lowest BCUT2D eigenvalue weighted by molar-refractivity contribution is -0.119.